The number of anilines is 1. The van der Waals surface area contributed by atoms with E-state index in [2.05, 4.69) is 10.3 Å². The second-order valence-electron chi connectivity index (χ2n) is 7.08. The average Bonchev–Trinajstić information content (AvgIpc) is 2.78. The Hall–Kier alpha value is -3.80. The first-order chi connectivity index (χ1) is 14.5. The maximum Gasteiger partial charge on any atom is 0.310 e. The van der Waals surface area contributed by atoms with Gasteiger partial charge in [0.1, 0.15) is 12.5 Å². The van der Waals surface area contributed by atoms with Crippen molar-refractivity contribution in [3.05, 3.63) is 89.1 Å². The number of pyridine rings is 1. The van der Waals surface area contributed by atoms with Gasteiger partial charge in [-0.1, -0.05) is 54.6 Å². The van der Waals surface area contributed by atoms with Crippen molar-refractivity contribution in [2.75, 3.05) is 5.32 Å². The Morgan fingerprint density at radius 2 is 1.83 bits per heavy atom. The Balaban J connectivity index is 1.57. The molecule has 4 rings (SSSR count). The number of nitrogens with one attached hydrogen (secondary N) is 1. The number of benzene rings is 2. The quantitative estimate of drug-likeness (QED) is 0.646. The van der Waals surface area contributed by atoms with Crippen molar-refractivity contribution in [2.45, 2.75) is 13.1 Å². The summed E-state index contributed by atoms with van der Waals surface area (Å²) in [6.07, 6.45) is 3.66. The number of carbonyl (C=O) groups is 2. The molecule has 6 heteroatoms. The number of amides is 1. The van der Waals surface area contributed by atoms with Crippen LogP contribution in [0.25, 0.3) is 17.2 Å². The lowest BCUT2D eigenvalue weighted by molar-refractivity contribution is -0.140. The zero-order chi connectivity index (χ0) is 21.1. The van der Waals surface area contributed by atoms with Gasteiger partial charge >= 0.3 is 5.97 Å². The first-order valence-corrected chi connectivity index (χ1v) is 9.52. The maximum absolute atomic E-state index is 12.9. The Morgan fingerprint density at radius 1 is 1.07 bits per heavy atom. The zero-order valence-corrected chi connectivity index (χ0v) is 16.0. The molecule has 0 bridgehead atoms. The van der Waals surface area contributed by atoms with Crippen molar-refractivity contribution in [1.29, 1.82) is 0 Å². The van der Waals surface area contributed by atoms with Gasteiger partial charge in [0.05, 0.1) is 11.6 Å². The topological polar surface area (TPSA) is 79.3 Å². The van der Waals surface area contributed by atoms with E-state index in [9.17, 15) is 14.0 Å². The number of aliphatic carboxylic acids is 1. The molecule has 3 aromatic rings. The SMILES string of the molecule is O=C(Nc1ccc2c(n1)C=CC(C(=O)O)C2)c1ccccc1-c1ccc(CF)cc1. The van der Waals surface area contributed by atoms with E-state index in [0.717, 1.165) is 16.7 Å². The zero-order valence-electron chi connectivity index (χ0n) is 16.0. The van der Waals surface area contributed by atoms with Crippen LogP contribution in [0.15, 0.2) is 66.7 Å². The number of aromatic nitrogens is 1. The van der Waals surface area contributed by atoms with Crippen LogP contribution in [0, 0.1) is 5.92 Å². The molecule has 30 heavy (non-hydrogen) atoms. The molecule has 1 atom stereocenters. The van der Waals surface area contributed by atoms with Gasteiger partial charge in [0.25, 0.3) is 5.91 Å². The summed E-state index contributed by atoms with van der Waals surface area (Å²) in [6, 6.07) is 17.6. The first-order valence-electron chi connectivity index (χ1n) is 9.52. The largest absolute Gasteiger partial charge is 0.481 e. The minimum absolute atomic E-state index is 0.309. The number of carboxylic acid groups (broad SMARTS) is 1. The Morgan fingerprint density at radius 3 is 2.57 bits per heavy atom. The van der Waals surface area contributed by atoms with Crippen LogP contribution in [0.4, 0.5) is 10.2 Å². The van der Waals surface area contributed by atoms with Gasteiger partial charge in [0.2, 0.25) is 0 Å². The normalized spacial score (nSPS) is 14.8. The van der Waals surface area contributed by atoms with Crippen molar-refractivity contribution in [3.8, 4) is 11.1 Å². The predicted octanol–water partition coefficient (Wildman–Crippen LogP) is 4.74. The van der Waals surface area contributed by atoms with Crippen LogP contribution in [-0.2, 0) is 17.9 Å². The number of alkyl halides is 1. The highest BCUT2D eigenvalue weighted by Gasteiger charge is 2.21. The summed E-state index contributed by atoms with van der Waals surface area (Å²) >= 11 is 0. The summed E-state index contributed by atoms with van der Waals surface area (Å²) in [5.41, 5.74) is 4.10. The molecule has 2 aromatic carbocycles. The predicted molar refractivity (Wildman–Crippen MR) is 113 cm³/mol. The van der Waals surface area contributed by atoms with Gasteiger partial charge in [-0.25, -0.2) is 9.37 Å². The number of fused-ring (bicyclic) bond motifs is 1. The summed E-state index contributed by atoms with van der Waals surface area (Å²) in [5.74, 6) is -1.35. The summed E-state index contributed by atoms with van der Waals surface area (Å²) < 4.78 is 12.8. The number of hydrogen-bond donors (Lipinski definition) is 2. The van der Waals surface area contributed by atoms with E-state index in [1.54, 1.807) is 60.7 Å². The maximum atomic E-state index is 12.9. The van der Waals surface area contributed by atoms with Crippen molar-refractivity contribution < 1.29 is 19.1 Å². The van der Waals surface area contributed by atoms with Crippen molar-refractivity contribution in [1.82, 2.24) is 4.98 Å². The Kier molecular flexibility index (Phi) is 5.39. The second kappa shape index (κ2) is 8.29. The molecule has 0 spiro atoms. The van der Waals surface area contributed by atoms with E-state index >= 15 is 0 Å². The molecular weight excluding hydrogens is 383 g/mol. The lowest BCUT2D eigenvalue weighted by atomic mass is 9.92. The molecule has 1 aliphatic carbocycles. The van der Waals surface area contributed by atoms with E-state index in [1.165, 1.54) is 0 Å². The molecule has 1 aliphatic rings. The molecule has 1 aromatic heterocycles. The lowest BCUT2D eigenvalue weighted by Gasteiger charge is -2.16. The van der Waals surface area contributed by atoms with Crippen LogP contribution in [-0.4, -0.2) is 22.0 Å². The van der Waals surface area contributed by atoms with Crippen LogP contribution >= 0.6 is 0 Å². The summed E-state index contributed by atoms with van der Waals surface area (Å²) in [5, 5.41) is 12.0. The molecule has 0 fully saturated rings. The average molecular weight is 402 g/mol. The van der Waals surface area contributed by atoms with Gasteiger partial charge in [-0.05, 0) is 46.9 Å². The highest BCUT2D eigenvalue weighted by Crippen LogP contribution is 2.26. The number of rotatable bonds is 5. The molecule has 1 unspecified atom stereocenters. The van der Waals surface area contributed by atoms with Gasteiger partial charge in [-0.3, -0.25) is 9.59 Å². The number of nitrogens with zero attached hydrogens (tertiary/aromatic N) is 1. The van der Waals surface area contributed by atoms with Crippen LogP contribution in [0.3, 0.4) is 0 Å². The van der Waals surface area contributed by atoms with Gasteiger partial charge in [-0.15, -0.1) is 0 Å². The number of carbonyl (C=O) groups excluding carboxylic acids is 1. The van der Waals surface area contributed by atoms with Crippen molar-refractivity contribution >= 4 is 23.8 Å². The highest BCUT2D eigenvalue weighted by atomic mass is 19.1. The van der Waals surface area contributed by atoms with Crippen LogP contribution in [0.1, 0.15) is 27.2 Å². The van der Waals surface area contributed by atoms with Gasteiger partial charge < -0.3 is 10.4 Å². The monoisotopic (exact) mass is 402 g/mol. The summed E-state index contributed by atoms with van der Waals surface area (Å²) in [4.78, 5) is 28.5. The third-order valence-electron chi connectivity index (χ3n) is 5.09. The Labute approximate surface area is 172 Å². The van der Waals surface area contributed by atoms with Gasteiger partial charge in [0, 0.05) is 5.56 Å². The first kappa shape index (κ1) is 19.5. The van der Waals surface area contributed by atoms with Gasteiger partial charge in [0.15, 0.2) is 0 Å². The molecule has 0 saturated carbocycles. The van der Waals surface area contributed by atoms with Crippen molar-refractivity contribution in [2.24, 2.45) is 5.92 Å². The number of carboxylic acids is 1. The van der Waals surface area contributed by atoms with Crippen molar-refractivity contribution in [3.63, 3.8) is 0 Å². The van der Waals surface area contributed by atoms with Crippen LogP contribution < -0.4 is 5.32 Å². The fourth-order valence-corrected chi connectivity index (χ4v) is 3.46. The third kappa shape index (κ3) is 3.98. The fourth-order valence-electron chi connectivity index (χ4n) is 3.46. The van der Waals surface area contributed by atoms with E-state index in [-0.39, 0.29) is 5.91 Å². The number of hydrogen-bond acceptors (Lipinski definition) is 3. The standard InChI is InChI=1S/C24H19FN2O3/c25-14-15-5-7-16(8-6-15)19-3-1-2-4-20(19)23(28)27-22-12-10-17-13-18(24(29)30)9-11-21(17)26-22/h1-12,18H,13-14H2,(H,29,30)(H,26,27,28). The van der Waals surface area contributed by atoms with Crippen LogP contribution in [0.5, 0.6) is 0 Å². The minimum Gasteiger partial charge on any atom is -0.481 e. The molecule has 0 aliphatic heterocycles. The summed E-state index contributed by atoms with van der Waals surface area (Å²) in [6.45, 7) is -0.534. The minimum atomic E-state index is -0.870. The molecule has 2 N–H and O–H groups in total. The molecule has 0 radical (unpaired) electrons. The Bertz CT molecular complexity index is 1140. The van der Waals surface area contributed by atoms with Gasteiger partial charge in [-0.2, -0.15) is 0 Å². The lowest BCUT2D eigenvalue weighted by Crippen LogP contribution is -2.18. The fraction of sp³-hybridized carbons (Fsp3) is 0.125. The molecule has 1 heterocycles. The van der Waals surface area contributed by atoms with E-state index in [0.29, 0.717) is 29.1 Å². The van der Waals surface area contributed by atoms with Crippen LogP contribution in [0.2, 0.25) is 0 Å². The molecule has 5 nitrogen and oxygen atoms in total. The number of halogens is 1. The molecule has 0 saturated heterocycles. The van der Waals surface area contributed by atoms with E-state index in [1.807, 2.05) is 12.1 Å². The molecular formula is C24H19FN2O3. The highest BCUT2D eigenvalue weighted by molar-refractivity contribution is 6.08. The van der Waals surface area contributed by atoms with E-state index < -0.39 is 18.6 Å². The smallest absolute Gasteiger partial charge is 0.310 e. The molecule has 1 amide bonds. The molecule has 150 valence electrons. The second-order valence-corrected chi connectivity index (χ2v) is 7.08. The third-order valence-corrected chi connectivity index (χ3v) is 5.09. The summed E-state index contributed by atoms with van der Waals surface area (Å²) in [7, 11) is 0. The van der Waals surface area contributed by atoms with E-state index in [4.69, 9.17) is 5.11 Å².